The predicted octanol–water partition coefficient (Wildman–Crippen LogP) is 3.71. The van der Waals surface area contributed by atoms with Gasteiger partial charge in [-0.2, -0.15) is 0 Å². The monoisotopic (exact) mass is 551 g/mol. The van der Waals surface area contributed by atoms with Crippen LogP contribution in [0.4, 0.5) is 10.5 Å². The minimum atomic E-state index is -0.798. The molecule has 0 aromatic heterocycles. The van der Waals surface area contributed by atoms with E-state index in [1.165, 1.54) is 5.56 Å². The first-order valence-electron chi connectivity index (χ1n) is 14.4. The van der Waals surface area contributed by atoms with Crippen LogP contribution in [0.1, 0.15) is 37.7 Å². The lowest BCUT2D eigenvalue weighted by Crippen LogP contribution is -2.58. The van der Waals surface area contributed by atoms with Crippen LogP contribution in [0.2, 0.25) is 0 Å². The molecule has 3 fully saturated rings. The van der Waals surface area contributed by atoms with E-state index >= 15 is 0 Å². The Bertz CT molecular complexity index is 1120. The number of aliphatic hydroxyl groups is 1. The first-order chi connectivity index (χ1) is 19.5. The van der Waals surface area contributed by atoms with Gasteiger partial charge in [-0.1, -0.05) is 42.5 Å². The zero-order chi connectivity index (χ0) is 27.9. The van der Waals surface area contributed by atoms with Gasteiger partial charge in [0.1, 0.15) is 11.9 Å². The topological polar surface area (TPSA) is 101 Å². The number of aliphatic hydroxyl groups excluding tert-OH is 1. The molecule has 216 valence electrons. The molecule has 0 saturated carbocycles. The van der Waals surface area contributed by atoms with Crippen LogP contribution >= 0.6 is 0 Å². The minimum absolute atomic E-state index is 0.118. The fourth-order valence-electron chi connectivity index (χ4n) is 6.17. The average molecular weight is 552 g/mol. The van der Waals surface area contributed by atoms with Gasteiger partial charge in [-0.15, -0.1) is 0 Å². The molecular weight excluding hydrogens is 510 g/mol. The number of hydrogen-bond donors (Lipinski definition) is 2. The largest absolute Gasteiger partial charge is 0.495 e. The third-order valence-corrected chi connectivity index (χ3v) is 8.33. The van der Waals surface area contributed by atoms with E-state index in [0.717, 1.165) is 32.4 Å². The molecule has 5 rings (SSSR count). The summed E-state index contributed by atoms with van der Waals surface area (Å²) in [6.07, 6.45) is 3.36. The Labute approximate surface area is 236 Å². The Morgan fingerprint density at radius 2 is 1.75 bits per heavy atom. The fraction of sp³-hybridized carbons (Fsp3) is 0.548. The zero-order valence-corrected chi connectivity index (χ0v) is 23.2. The summed E-state index contributed by atoms with van der Waals surface area (Å²) in [6.45, 7) is 2.08. The number of urea groups is 1. The van der Waals surface area contributed by atoms with Crippen LogP contribution in [0.25, 0.3) is 0 Å². The highest BCUT2D eigenvalue weighted by Crippen LogP contribution is 2.30. The van der Waals surface area contributed by atoms with Crippen LogP contribution in [0.3, 0.4) is 0 Å². The minimum Gasteiger partial charge on any atom is -0.495 e. The van der Waals surface area contributed by atoms with E-state index in [1.54, 1.807) is 24.1 Å². The maximum Gasteiger partial charge on any atom is 0.322 e. The summed E-state index contributed by atoms with van der Waals surface area (Å²) in [5.41, 5.74) is 1.92. The van der Waals surface area contributed by atoms with Crippen molar-refractivity contribution in [3.8, 4) is 5.75 Å². The molecule has 40 heavy (non-hydrogen) atoms. The van der Waals surface area contributed by atoms with E-state index in [0.29, 0.717) is 36.6 Å². The summed E-state index contributed by atoms with van der Waals surface area (Å²) in [6, 6.07) is 17.2. The molecule has 2 aromatic rings. The lowest BCUT2D eigenvalue weighted by molar-refractivity contribution is -0.154. The first-order valence-corrected chi connectivity index (χ1v) is 14.4. The normalized spacial score (nSPS) is 25.9. The number of anilines is 1. The summed E-state index contributed by atoms with van der Waals surface area (Å²) in [4.78, 5) is 30.2. The number of carbonyl (C=O) groups is 2. The van der Waals surface area contributed by atoms with Gasteiger partial charge in [0.2, 0.25) is 5.91 Å². The number of fused-ring (bicyclic) bond motifs is 1. The van der Waals surface area contributed by atoms with E-state index in [9.17, 15) is 14.7 Å². The van der Waals surface area contributed by atoms with E-state index < -0.39 is 6.10 Å². The Hall–Kier alpha value is -3.14. The van der Waals surface area contributed by atoms with Crippen molar-refractivity contribution < 1.29 is 28.9 Å². The second kappa shape index (κ2) is 13.5. The molecule has 0 aliphatic carbocycles. The van der Waals surface area contributed by atoms with E-state index in [1.807, 2.05) is 23.1 Å². The quantitative estimate of drug-likeness (QED) is 0.568. The number of piperidine rings is 1. The molecule has 3 heterocycles. The fourth-order valence-corrected chi connectivity index (χ4v) is 6.17. The number of carbonyl (C=O) groups excluding carboxylic acids is 2. The van der Waals surface area contributed by atoms with Gasteiger partial charge in [-0.3, -0.25) is 4.79 Å². The molecule has 3 aliphatic heterocycles. The van der Waals surface area contributed by atoms with E-state index in [2.05, 4.69) is 29.6 Å². The number of benzene rings is 2. The summed E-state index contributed by atoms with van der Waals surface area (Å²) < 4.78 is 17.5. The number of amides is 3. The molecule has 3 saturated heterocycles. The molecule has 2 aromatic carbocycles. The molecule has 0 spiro atoms. The van der Waals surface area contributed by atoms with Crippen LogP contribution in [0.5, 0.6) is 5.75 Å². The molecule has 3 amide bonds. The summed E-state index contributed by atoms with van der Waals surface area (Å²) >= 11 is 0. The first kappa shape index (κ1) is 28.4. The van der Waals surface area contributed by atoms with Gasteiger partial charge < -0.3 is 34.4 Å². The summed E-state index contributed by atoms with van der Waals surface area (Å²) in [7, 11) is 1.56. The number of likely N-dealkylation sites (tertiary alicyclic amines) is 1. The van der Waals surface area contributed by atoms with E-state index in [4.69, 9.17) is 14.2 Å². The summed E-state index contributed by atoms with van der Waals surface area (Å²) in [5, 5.41) is 13.4. The van der Waals surface area contributed by atoms with Gasteiger partial charge in [0.25, 0.3) is 0 Å². The Kier molecular flexibility index (Phi) is 9.57. The highest BCUT2D eigenvalue weighted by atomic mass is 16.5. The Morgan fingerprint density at radius 3 is 2.52 bits per heavy atom. The molecule has 3 aliphatic rings. The van der Waals surface area contributed by atoms with Gasteiger partial charge in [-0.25, -0.2) is 4.79 Å². The molecule has 0 radical (unpaired) electrons. The van der Waals surface area contributed by atoms with Gasteiger partial charge in [0.15, 0.2) is 0 Å². The van der Waals surface area contributed by atoms with Gasteiger partial charge >= 0.3 is 6.03 Å². The standard InChI is InChI=1S/C31H41N3O6/c1-38-28-10-6-5-9-26(28)32-31(37)34-19-24(35)20-39-21-29-27(34)12-11-25(40-29)18-30(36)33-15-13-23(14-16-33)17-22-7-3-2-4-8-22/h2-10,23-25,27,29,35H,11-21H2,1H3,(H,32,37)/t24-,25+,27+,29-/m1/s1. The van der Waals surface area contributed by atoms with Crippen molar-refractivity contribution in [3.63, 3.8) is 0 Å². The van der Waals surface area contributed by atoms with Crippen molar-refractivity contribution >= 4 is 17.6 Å². The van der Waals surface area contributed by atoms with Crippen molar-refractivity contribution in [3.05, 3.63) is 60.2 Å². The van der Waals surface area contributed by atoms with Crippen molar-refractivity contribution in [1.29, 1.82) is 0 Å². The number of β-amino-alcohol motifs (C(OH)–C–C–N with tert-alkyl or cyclic N) is 1. The highest BCUT2D eigenvalue weighted by molar-refractivity contribution is 5.91. The average Bonchev–Trinajstić information content (AvgIpc) is 2.96. The maximum atomic E-state index is 13.4. The smallest absolute Gasteiger partial charge is 0.322 e. The SMILES string of the molecule is COc1ccccc1NC(=O)N1C[C@@H](O)COC[C@H]2O[C@H](CC(=O)N3CCC(Cc4ccccc4)CC3)CC[C@@H]21. The summed E-state index contributed by atoms with van der Waals surface area (Å²) in [5.74, 6) is 1.30. The van der Waals surface area contributed by atoms with Crippen LogP contribution in [0.15, 0.2) is 54.6 Å². The van der Waals surface area contributed by atoms with Crippen LogP contribution < -0.4 is 10.1 Å². The number of nitrogens with zero attached hydrogens (tertiary/aromatic N) is 2. The second-order valence-electron chi connectivity index (χ2n) is 11.1. The Balaban J connectivity index is 1.16. The lowest BCUT2D eigenvalue weighted by Gasteiger charge is -2.44. The second-order valence-corrected chi connectivity index (χ2v) is 11.1. The molecular formula is C31H41N3O6. The Morgan fingerprint density at radius 1 is 1.00 bits per heavy atom. The molecule has 2 N–H and O–H groups in total. The third-order valence-electron chi connectivity index (χ3n) is 8.33. The number of methoxy groups -OCH3 is 1. The van der Waals surface area contributed by atoms with Crippen molar-refractivity contribution in [1.82, 2.24) is 9.80 Å². The molecule has 0 unspecified atom stereocenters. The number of nitrogens with one attached hydrogen (secondary N) is 1. The number of rotatable bonds is 6. The predicted molar refractivity (Wildman–Crippen MR) is 151 cm³/mol. The zero-order valence-electron chi connectivity index (χ0n) is 23.2. The maximum absolute atomic E-state index is 13.4. The van der Waals surface area contributed by atoms with E-state index in [-0.39, 0.29) is 49.9 Å². The highest BCUT2D eigenvalue weighted by Gasteiger charge is 2.40. The molecule has 9 heteroatoms. The van der Waals surface area contributed by atoms with Crippen LogP contribution in [-0.4, -0.2) is 91.2 Å². The van der Waals surface area contributed by atoms with Crippen molar-refractivity contribution in [2.45, 2.75) is 62.9 Å². The number of para-hydroxylation sites is 2. The van der Waals surface area contributed by atoms with Crippen LogP contribution in [0, 0.1) is 5.92 Å². The number of hydrogen-bond acceptors (Lipinski definition) is 6. The lowest BCUT2D eigenvalue weighted by atomic mass is 9.90. The van der Waals surface area contributed by atoms with Gasteiger partial charge in [-0.05, 0) is 55.7 Å². The van der Waals surface area contributed by atoms with Gasteiger partial charge in [0.05, 0.1) is 57.2 Å². The third kappa shape index (κ3) is 7.13. The van der Waals surface area contributed by atoms with Crippen molar-refractivity contribution in [2.75, 3.05) is 45.3 Å². The molecule has 9 nitrogen and oxygen atoms in total. The molecule has 0 bridgehead atoms. The van der Waals surface area contributed by atoms with Crippen LogP contribution in [-0.2, 0) is 20.7 Å². The van der Waals surface area contributed by atoms with Gasteiger partial charge in [0, 0.05) is 13.1 Å². The molecule has 4 atom stereocenters. The number of ether oxygens (including phenoxy) is 3. The van der Waals surface area contributed by atoms with Crippen molar-refractivity contribution in [2.24, 2.45) is 5.92 Å².